The Balaban J connectivity index is 2.01. The highest BCUT2D eigenvalue weighted by Crippen LogP contribution is 2.38. The maximum absolute atomic E-state index is 12.0. The lowest BCUT2D eigenvalue weighted by Gasteiger charge is -2.26. The molecule has 1 aliphatic heterocycles. The maximum Gasteiger partial charge on any atom is 0.339 e. The number of rotatable bonds is 3. The van der Waals surface area contributed by atoms with Crippen LogP contribution in [0.1, 0.15) is 11.6 Å². The number of hydrogen-bond acceptors (Lipinski definition) is 4. The maximum atomic E-state index is 12.0. The minimum absolute atomic E-state index is 0.366. The summed E-state index contributed by atoms with van der Waals surface area (Å²) in [7, 11) is 1.36. The number of hydrogen-bond donors (Lipinski definition) is 0. The first-order valence-electron chi connectivity index (χ1n) is 6.75. The molecule has 0 N–H and O–H groups in total. The van der Waals surface area contributed by atoms with E-state index in [0.29, 0.717) is 10.6 Å². The Kier molecular flexibility index (Phi) is 4.02. The van der Waals surface area contributed by atoms with Crippen LogP contribution in [0.15, 0.2) is 66.4 Å². The number of anilines is 1. The first-order chi connectivity index (χ1) is 10.7. The van der Waals surface area contributed by atoms with Gasteiger partial charge in [0, 0.05) is 5.02 Å². The fourth-order valence-electron chi connectivity index (χ4n) is 2.39. The second-order valence-electron chi connectivity index (χ2n) is 4.79. The smallest absolute Gasteiger partial charge is 0.339 e. The molecule has 2 aromatic carbocycles. The predicted octanol–water partition coefficient (Wildman–Crippen LogP) is 3.89. The van der Waals surface area contributed by atoms with E-state index in [2.05, 4.69) is 0 Å². The Morgan fingerprint density at radius 2 is 1.82 bits per heavy atom. The predicted molar refractivity (Wildman–Crippen MR) is 84.3 cm³/mol. The topological polar surface area (TPSA) is 38.8 Å². The first kappa shape index (κ1) is 14.5. The van der Waals surface area contributed by atoms with E-state index in [1.807, 2.05) is 42.5 Å². The average Bonchev–Trinajstić information content (AvgIpc) is 3.00. The summed E-state index contributed by atoms with van der Waals surface area (Å²) in [5.41, 5.74) is 2.18. The lowest BCUT2D eigenvalue weighted by atomic mass is 9.99. The molecule has 1 unspecified atom stereocenters. The molecule has 0 bridgehead atoms. The molecule has 0 radical (unpaired) electrons. The molecule has 0 fully saturated rings. The van der Waals surface area contributed by atoms with Crippen LogP contribution in [-0.2, 0) is 14.4 Å². The summed E-state index contributed by atoms with van der Waals surface area (Å²) in [6.45, 7) is 0. The van der Waals surface area contributed by atoms with E-state index in [1.165, 1.54) is 13.4 Å². The third-order valence-electron chi connectivity index (χ3n) is 3.44. The second kappa shape index (κ2) is 6.12. The highest BCUT2D eigenvalue weighted by Gasteiger charge is 2.36. The van der Waals surface area contributed by atoms with E-state index >= 15 is 0 Å². The van der Waals surface area contributed by atoms with E-state index in [0.717, 1.165) is 11.3 Å². The normalized spacial score (nSPS) is 16.9. The van der Waals surface area contributed by atoms with Crippen LogP contribution in [-0.4, -0.2) is 13.1 Å². The molecule has 0 aliphatic carbocycles. The Morgan fingerprint density at radius 1 is 1.14 bits per heavy atom. The second-order valence-corrected chi connectivity index (χ2v) is 5.22. The molecule has 0 aromatic heterocycles. The number of hydroxylamine groups is 1. The largest absolute Gasteiger partial charge is 0.466 e. The van der Waals surface area contributed by atoms with Gasteiger partial charge in [0.1, 0.15) is 17.9 Å². The van der Waals surface area contributed by atoms with Gasteiger partial charge in [-0.3, -0.25) is 0 Å². The minimum atomic E-state index is -0.412. The Labute approximate surface area is 133 Å². The Morgan fingerprint density at radius 3 is 2.45 bits per heavy atom. The molecule has 2 aromatic rings. The van der Waals surface area contributed by atoms with Crippen LogP contribution < -0.4 is 5.06 Å². The van der Waals surface area contributed by atoms with Crippen molar-refractivity contribution in [2.24, 2.45) is 0 Å². The minimum Gasteiger partial charge on any atom is -0.466 e. The van der Waals surface area contributed by atoms with Crippen molar-refractivity contribution in [3.8, 4) is 0 Å². The van der Waals surface area contributed by atoms with Crippen molar-refractivity contribution in [2.45, 2.75) is 6.04 Å². The van der Waals surface area contributed by atoms with Crippen molar-refractivity contribution in [3.05, 3.63) is 77.0 Å². The van der Waals surface area contributed by atoms with Crippen molar-refractivity contribution in [1.29, 1.82) is 0 Å². The van der Waals surface area contributed by atoms with Gasteiger partial charge in [-0.1, -0.05) is 41.9 Å². The van der Waals surface area contributed by atoms with Crippen LogP contribution in [0.2, 0.25) is 5.02 Å². The lowest BCUT2D eigenvalue weighted by molar-refractivity contribution is -0.136. The van der Waals surface area contributed by atoms with Gasteiger partial charge >= 0.3 is 5.97 Å². The van der Waals surface area contributed by atoms with Crippen LogP contribution in [0.4, 0.5) is 5.69 Å². The van der Waals surface area contributed by atoms with Crippen LogP contribution in [0.5, 0.6) is 0 Å². The SMILES string of the molecule is COC(=O)C1=CON(c2ccc(Cl)cc2)C1c1ccccc1. The van der Waals surface area contributed by atoms with Crippen molar-refractivity contribution in [1.82, 2.24) is 0 Å². The number of carbonyl (C=O) groups is 1. The van der Waals surface area contributed by atoms with Gasteiger partial charge in [0.25, 0.3) is 0 Å². The van der Waals surface area contributed by atoms with Gasteiger partial charge in [-0.25, -0.2) is 4.79 Å². The van der Waals surface area contributed by atoms with Crippen molar-refractivity contribution < 1.29 is 14.4 Å². The Hall–Kier alpha value is -2.46. The summed E-state index contributed by atoms with van der Waals surface area (Å²) >= 11 is 5.93. The van der Waals surface area contributed by atoms with Gasteiger partial charge in [-0.15, -0.1) is 0 Å². The summed E-state index contributed by atoms with van der Waals surface area (Å²) in [6.07, 6.45) is 1.43. The number of carbonyl (C=O) groups excluding carboxylic acids is 1. The third kappa shape index (κ3) is 2.65. The average molecular weight is 316 g/mol. The van der Waals surface area contributed by atoms with Gasteiger partial charge < -0.3 is 9.57 Å². The standard InChI is InChI=1S/C17H14ClNO3/c1-21-17(20)15-11-22-19(14-9-7-13(18)8-10-14)16(15)12-5-3-2-4-6-12/h2-11,16H,1H3. The van der Waals surface area contributed by atoms with Crippen molar-refractivity contribution >= 4 is 23.3 Å². The molecular formula is C17H14ClNO3. The summed E-state index contributed by atoms with van der Waals surface area (Å²) in [5.74, 6) is -0.412. The van der Waals surface area contributed by atoms with E-state index in [1.54, 1.807) is 17.2 Å². The number of halogens is 1. The zero-order valence-electron chi connectivity index (χ0n) is 11.9. The van der Waals surface area contributed by atoms with Gasteiger partial charge in [0.05, 0.1) is 12.8 Å². The van der Waals surface area contributed by atoms with Gasteiger partial charge in [-0.2, -0.15) is 5.06 Å². The molecule has 3 rings (SSSR count). The summed E-state index contributed by atoms with van der Waals surface area (Å²) < 4.78 is 4.85. The molecule has 4 nitrogen and oxygen atoms in total. The Bertz CT molecular complexity index is 698. The van der Waals surface area contributed by atoms with Crippen molar-refractivity contribution in [3.63, 3.8) is 0 Å². The zero-order chi connectivity index (χ0) is 15.5. The van der Waals surface area contributed by atoms with E-state index in [9.17, 15) is 4.79 Å². The molecule has 22 heavy (non-hydrogen) atoms. The fraction of sp³-hybridized carbons (Fsp3) is 0.118. The van der Waals surface area contributed by atoms with Crippen LogP contribution in [0.3, 0.4) is 0 Å². The number of benzene rings is 2. The molecule has 0 amide bonds. The molecule has 5 heteroatoms. The van der Waals surface area contributed by atoms with Crippen molar-refractivity contribution in [2.75, 3.05) is 12.2 Å². The molecular weight excluding hydrogens is 302 g/mol. The monoisotopic (exact) mass is 315 g/mol. The zero-order valence-corrected chi connectivity index (χ0v) is 12.7. The van der Waals surface area contributed by atoms with Gasteiger partial charge in [0.15, 0.2) is 0 Å². The molecule has 1 atom stereocenters. The van der Waals surface area contributed by atoms with Gasteiger partial charge in [0.2, 0.25) is 0 Å². The number of methoxy groups -OCH3 is 1. The summed E-state index contributed by atoms with van der Waals surface area (Å²) in [4.78, 5) is 17.6. The van der Waals surface area contributed by atoms with Gasteiger partial charge in [-0.05, 0) is 29.8 Å². The molecule has 1 heterocycles. The molecule has 1 aliphatic rings. The number of nitrogens with zero attached hydrogens (tertiary/aromatic N) is 1. The molecule has 0 saturated heterocycles. The van der Waals surface area contributed by atoms with Crippen LogP contribution in [0.25, 0.3) is 0 Å². The molecule has 0 spiro atoms. The third-order valence-corrected chi connectivity index (χ3v) is 3.69. The van der Waals surface area contributed by atoms with E-state index in [4.69, 9.17) is 21.2 Å². The quantitative estimate of drug-likeness (QED) is 0.806. The summed E-state index contributed by atoms with van der Waals surface area (Å²) in [6, 6.07) is 16.5. The highest BCUT2D eigenvalue weighted by atomic mass is 35.5. The molecule has 0 saturated carbocycles. The fourth-order valence-corrected chi connectivity index (χ4v) is 2.52. The van der Waals surface area contributed by atoms with Crippen LogP contribution in [0, 0.1) is 0 Å². The van der Waals surface area contributed by atoms with E-state index in [-0.39, 0.29) is 6.04 Å². The summed E-state index contributed by atoms with van der Waals surface area (Å²) in [5, 5.41) is 2.30. The number of ether oxygens (including phenoxy) is 1. The molecule has 112 valence electrons. The number of esters is 1. The van der Waals surface area contributed by atoms with E-state index < -0.39 is 5.97 Å². The first-order valence-corrected chi connectivity index (χ1v) is 7.13. The lowest BCUT2D eigenvalue weighted by Crippen LogP contribution is -2.25. The highest BCUT2D eigenvalue weighted by molar-refractivity contribution is 6.30. The van der Waals surface area contributed by atoms with Crippen LogP contribution >= 0.6 is 11.6 Å².